The molecule has 0 amide bonds. The first-order valence-electron chi connectivity index (χ1n) is 5.24. The van der Waals surface area contributed by atoms with Crippen molar-refractivity contribution in [2.24, 2.45) is 0 Å². The molecule has 0 atom stereocenters. The van der Waals surface area contributed by atoms with Gasteiger partial charge in [0.1, 0.15) is 11.6 Å². The van der Waals surface area contributed by atoms with Gasteiger partial charge in [-0.05, 0) is 42.8 Å². The Morgan fingerprint density at radius 2 is 1.83 bits per heavy atom. The number of rotatable bonds is 2. The van der Waals surface area contributed by atoms with Gasteiger partial charge < -0.3 is 11.1 Å². The summed E-state index contributed by atoms with van der Waals surface area (Å²) in [5.74, 6) is -0.835. The molecule has 0 spiro atoms. The summed E-state index contributed by atoms with van der Waals surface area (Å²) in [4.78, 5) is 0. The summed E-state index contributed by atoms with van der Waals surface area (Å²) in [6, 6.07) is 6.82. The van der Waals surface area contributed by atoms with Gasteiger partial charge in [-0.2, -0.15) is 0 Å². The Labute approximate surface area is 108 Å². The average molecular weight is 269 g/mol. The maximum absolute atomic E-state index is 13.2. The summed E-state index contributed by atoms with van der Waals surface area (Å²) < 4.78 is 26.4. The third-order valence-corrected chi connectivity index (χ3v) is 2.69. The Balaban J connectivity index is 2.36. The Morgan fingerprint density at radius 1 is 1.11 bits per heavy atom. The van der Waals surface area contributed by atoms with E-state index >= 15 is 0 Å². The molecular weight excluding hydrogens is 258 g/mol. The number of nitrogens with one attached hydrogen (secondary N) is 1. The molecule has 0 aromatic heterocycles. The Hall–Kier alpha value is -1.81. The number of halogens is 3. The van der Waals surface area contributed by atoms with E-state index in [-0.39, 0.29) is 16.5 Å². The van der Waals surface area contributed by atoms with E-state index in [1.54, 1.807) is 19.1 Å². The van der Waals surface area contributed by atoms with Crippen LogP contribution in [0.25, 0.3) is 0 Å². The molecule has 0 unspecified atom stereocenters. The zero-order valence-corrected chi connectivity index (χ0v) is 10.4. The number of benzene rings is 2. The van der Waals surface area contributed by atoms with Crippen molar-refractivity contribution in [3.8, 4) is 0 Å². The highest BCUT2D eigenvalue weighted by molar-refractivity contribution is 6.30. The zero-order chi connectivity index (χ0) is 13.3. The highest BCUT2D eigenvalue weighted by atomic mass is 35.5. The van der Waals surface area contributed by atoms with Crippen LogP contribution in [0.4, 0.5) is 25.8 Å². The van der Waals surface area contributed by atoms with Crippen LogP contribution < -0.4 is 11.1 Å². The number of nitrogens with two attached hydrogens (primary N) is 1. The molecule has 0 radical (unpaired) electrons. The van der Waals surface area contributed by atoms with Crippen molar-refractivity contribution in [3.63, 3.8) is 0 Å². The van der Waals surface area contributed by atoms with Crippen LogP contribution >= 0.6 is 11.6 Å². The molecule has 3 N–H and O–H groups in total. The normalized spacial score (nSPS) is 10.4. The second-order valence-electron chi connectivity index (χ2n) is 3.97. The molecule has 0 aliphatic heterocycles. The molecule has 0 aliphatic carbocycles. The first kappa shape index (κ1) is 12.6. The largest absolute Gasteiger partial charge is 0.397 e. The highest BCUT2D eigenvalue weighted by Crippen LogP contribution is 2.27. The zero-order valence-electron chi connectivity index (χ0n) is 9.60. The summed E-state index contributed by atoms with van der Waals surface area (Å²) in [6.07, 6.45) is 0. The van der Waals surface area contributed by atoms with Crippen LogP contribution in [0.15, 0.2) is 30.3 Å². The maximum Gasteiger partial charge on any atom is 0.128 e. The molecule has 18 heavy (non-hydrogen) atoms. The first-order valence-corrected chi connectivity index (χ1v) is 5.62. The van der Waals surface area contributed by atoms with Gasteiger partial charge in [0.05, 0.1) is 11.4 Å². The predicted molar refractivity (Wildman–Crippen MR) is 70.2 cm³/mol. The minimum Gasteiger partial charge on any atom is -0.397 e. The number of nitrogen functional groups attached to an aromatic ring is 1. The van der Waals surface area contributed by atoms with Crippen molar-refractivity contribution in [1.82, 2.24) is 0 Å². The van der Waals surface area contributed by atoms with Crippen molar-refractivity contribution >= 4 is 28.7 Å². The van der Waals surface area contributed by atoms with Crippen molar-refractivity contribution in [1.29, 1.82) is 0 Å². The van der Waals surface area contributed by atoms with Crippen LogP contribution in [-0.2, 0) is 0 Å². The molecule has 0 heterocycles. The van der Waals surface area contributed by atoms with Gasteiger partial charge in [0.15, 0.2) is 0 Å². The molecule has 0 saturated heterocycles. The van der Waals surface area contributed by atoms with E-state index in [9.17, 15) is 8.78 Å². The van der Waals surface area contributed by atoms with Gasteiger partial charge >= 0.3 is 0 Å². The number of hydrogen-bond acceptors (Lipinski definition) is 2. The van der Waals surface area contributed by atoms with Gasteiger partial charge in [-0.3, -0.25) is 0 Å². The number of aryl methyl sites for hydroxylation is 1. The first-order chi connectivity index (χ1) is 8.45. The molecule has 0 fully saturated rings. The van der Waals surface area contributed by atoms with Gasteiger partial charge in [-0.25, -0.2) is 8.78 Å². The van der Waals surface area contributed by atoms with E-state index < -0.39 is 5.82 Å². The average Bonchev–Trinajstić information content (AvgIpc) is 2.24. The molecule has 2 aromatic carbocycles. The van der Waals surface area contributed by atoms with Crippen molar-refractivity contribution in [2.75, 3.05) is 11.1 Å². The lowest BCUT2D eigenvalue weighted by molar-refractivity contribution is 0.619. The third-order valence-electron chi connectivity index (χ3n) is 2.47. The third kappa shape index (κ3) is 2.71. The molecule has 5 heteroatoms. The summed E-state index contributed by atoms with van der Waals surface area (Å²) in [5, 5.41) is 3.18. The minimum absolute atomic E-state index is 0.249. The second-order valence-corrected chi connectivity index (χ2v) is 4.41. The fourth-order valence-electron chi connectivity index (χ4n) is 1.59. The number of hydrogen-bond donors (Lipinski definition) is 2. The molecule has 0 saturated carbocycles. The van der Waals surface area contributed by atoms with E-state index in [1.807, 2.05) is 0 Å². The summed E-state index contributed by atoms with van der Waals surface area (Å²) in [5.41, 5.74) is 7.35. The fraction of sp³-hybridized carbons (Fsp3) is 0.0769. The molecule has 2 nitrogen and oxygen atoms in total. The van der Waals surface area contributed by atoms with Crippen LogP contribution in [0.1, 0.15) is 5.56 Å². The van der Waals surface area contributed by atoms with Gasteiger partial charge in [-0.1, -0.05) is 11.6 Å². The molecular formula is C13H11ClF2N2. The van der Waals surface area contributed by atoms with Crippen molar-refractivity contribution < 1.29 is 8.78 Å². The predicted octanol–water partition coefficient (Wildman–Crippen LogP) is 4.25. The van der Waals surface area contributed by atoms with Crippen LogP contribution in [0.5, 0.6) is 0 Å². The van der Waals surface area contributed by atoms with Crippen LogP contribution in [-0.4, -0.2) is 0 Å². The van der Waals surface area contributed by atoms with E-state index in [2.05, 4.69) is 5.32 Å². The Bertz CT molecular complexity index is 580. The van der Waals surface area contributed by atoms with Gasteiger partial charge in [0, 0.05) is 10.7 Å². The van der Waals surface area contributed by atoms with Crippen molar-refractivity contribution in [2.45, 2.75) is 6.92 Å². The maximum atomic E-state index is 13.2. The Morgan fingerprint density at radius 3 is 2.50 bits per heavy atom. The molecule has 0 aliphatic rings. The molecule has 2 aromatic rings. The lowest BCUT2D eigenvalue weighted by Crippen LogP contribution is -1.99. The monoisotopic (exact) mass is 268 g/mol. The van der Waals surface area contributed by atoms with E-state index in [1.165, 1.54) is 18.2 Å². The molecule has 94 valence electrons. The van der Waals surface area contributed by atoms with Crippen molar-refractivity contribution in [3.05, 3.63) is 52.6 Å². The topological polar surface area (TPSA) is 38.0 Å². The lowest BCUT2D eigenvalue weighted by Gasteiger charge is -2.11. The van der Waals surface area contributed by atoms with E-state index in [0.717, 1.165) is 0 Å². The number of anilines is 3. The SMILES string of the molecule is Cc1cc(Nc2cc(F)cc(Cl)c2)c(N)cc1F. The van der Waals surface area contributed by atoms with Crippen LogP contribution in [0, 0.1) is 18.6 Å². The molecule has 0 bridgehead atoms. The summed E-state index contributed by atoms with van der Waals surface area (Å²) in [6.45, 7) is 1.62. The fourth-order valence-corrected chi connectivity index (χ4v) is 1.81. The lowest BCUT2D eigenvalue weighted by atomic mass is 10.1. The minimum atomic E-state index is -0.456. The smallest absolute Gasteiger partial charge is 0.128 e. The summed E-state index contributed by atoms with van der Waals surface area (Å²) >= 11 is 5.74. The Kier molecular flexibility index (Phi) is 3.39. The van der Waals surface area contributed by atoms with E-state index in [0.29, 0.717) is 16.9 Å². The second kappa shape index (κ2) is 4.82. The van der Waals surface area contributed by atoms with Gasteiger partial charge in [0.2, 0.25) is 0 Å². The highest BCUT2D eigenvalue weighted by Gasteiger charge is 2.06. The quantitative estimate of drug-likeness (QED) is 0.799. The summed E-state index contributed by atoms with van der Waals surface area (Å²) in [7, 11) is 0. The van der Waals surface area contributed by atoms with Gasteiger partial charge in [-0.15, -0.1) is 0 Å². The molecule has 2 rings (SSSR count). The van der Waals surface area contributed by atoms with E-state index in [4.69, 9.17) is 17.3 Å². The standard InChI is InChI=1S/C13H11ClF2N2/c1-7-2-13(12(17)6-11(7)16)18-10-4-8(14)3-9(15)5-10/h2-6,18H,17H2,1H3. The van der Waals surface area contributed by atoms with Gasteiger partial charge in [0.25, 0.3) is 0 Å². The van der Waals surface area contributed by atoms with Crippen LogP contribution in [0.3, 0.4) is 0 Å². The van der Waals surface area contributed by atoms with Crippen LogP contribution in [0.2, 0.25) is 5.02 Å².